The highest BCUT2D eigenvalue weighted by Crippen LogP contribution is 2.51. The molecule has 0 fully saturated rings. The van der Waals surface area contributed by atoms with Crippen molar-refractivity contribution in [3.63, 3.8) is 0 Å². The summed E-state index contributed by atoms with van der Waals surface area (Å²) in [7, 11) is 0. The first-order valence-corrected chi connectivity index (χ1v) is 10.6. The second kappa shape index (κ2) is 7.15. The minimum atomic E-state index is -0.426. The standard InChI is InChI=1S/C24H16Cl2N4O/c25-15-10-11-16(18(26)12-15)23-20-21(17-8-4-5-9-19(17)31-23)29-24-27-13-28-30(24)22(20)14-6-2-1-3-7-14/h1-13,22-23H,(H,27,28,29)/t22-,23+/m1/s1. The number of nitrogens with zero attached hydrogens (tertiary/aromatic N) is 3. The van der Waals surface area contributed by atoms with Gasteiger partial charge in [-0.05, 0) is 29.8 Å². The highest BCUT2D eigenvalue weighted by Gasteiger charge is 2.41. The van der Waals surface area contributed by atoms with Crippen molar-refractivity contribution in [1.29, 1.82) is 0 Å². The minimum absolute atomic E-state index is 0.208. The number of benzene rings is 3. The van der Waals surface area contributed by atoms with E-state index in [4.69, 9.17) is 27.9 Å². The molecule has 0 saturated carbocycles. The third kappa shape index (κ3) is 2.92. The molecule has 152 valence electrons. The molecule has 0 bridgehead atoms. The van der Waals surface area contributed by atoms with E-state index in [1.807, 2.05) is 59.3 Å². The molecule has 3 aromatic carbocycles. The Morgan fingerprint density at radius 3 is 2.58 bits per heavy atom. The van der Waals surface area contributed by atoms with Crippen LogP contribution in [-0.2, 0) is 0 Å². The maximum Gasteiger partial charge on any atom is 0.226 e. The number of halogens is 2. The van der Waals surface area contributed by atoms with E-state index < -0.39 is 6.10 Å². The first-order valence-electron chi connectivity index (χ1n) is 9.87. The number of rotatable bonds is 2. The van der Waals surface area contributed by atoms with E-state index >= 15 is 0 Å². The van der Waals surface area contributed by atoms with Crippen LogP contribution in [0.3, 0.4) is 0 Å². The highest BCUT2D eigenvalue weighted by atomic mass is 35.5. The topological polar surface area (TPSA) is 52.0 Å². The number of para-hydroxylation sites is 1. The van der Waals surface area contributed by atoms with Crippen molar-refractivity contribution in [3.8, 4) is 5.75 Å². The van der Waals surface area contributed by atoms with Gasteiger partial charge in [0.05, 0.1) is 5.70 Å². The van der Waals surface area contributed by atoms with Crippen molar-refractivity contribution in [2.75, 3.05) is 5.32 Å². The Morgan fingerprint density at radius 2 is 1.74 bits per heavy atom. The number of hydrogen-bond acceptors (Lipinski definition) is 4. The second-order valence-corrected chi connectivity index (χ2v) is 8.30. The number of fused-ring (bicyclic) bond motifs is 3. The van der Waals surface area contributed by atoms with Gasteiger partial charge in [-0.15, -0.1) is 0 Å². The lowest BCUT2D eigenvalue weighted by molar-refractivity contribution is 0.223. The van der Waals surface area contributed by atoms with E-state index in [-0.39, 0.29) is 6.04 Å². The Kier molecular flexibility index (Phi) is 4.26. The molecule has 1 N–H and O–H groups in total. The number of ether oxygens (including phenoxy) is 1. The summed E-state index contributed by atoms with van der Waals surface area (Å²) in [5, 5.41) is 9.15. The van der Waals surface area contributed by atoms with E-state index in [0.29, 0.717) is 16.0 Å². The minimum Gasteiger partial charge on any atom is -0.480 e. The molecule has 3 heterocycles. The van der Waals surface area contributed by atoms with E-state index in [1.54, 1.807) is 12.4 Å². The maximum atomic E-state index is 6.65. The zero-order chi connectivity index (χ0) is 20.9. The van der Waals surface area contributed by atoms with Crippen molar-refractivity contribution in [1.82, 2.24) is 14.8 Å². The monoisotopic (exact) mass is 446 g/mol. The molecule has 0 spiro atoms. The van der Waals surface area contributed by atoms with Gasteiger partial charge in [-0.3, -0.25) is 0 Å². The van der Waals surface area contributed by atoms with Crippen molar-refractivity contribution < 1.29 is 4.74 Å². The van der Waals surface area contributed by atoms with Crippen LogP contribution in [0, 0.1) is 0 Å². The number of hydrogen-bond donors (Lipinski definition) is 1. The summed E-state index contributed by atoms with van der Waals surface area (Å²) < 4.78 is 8.46. The molecule has 2 aliphatic rings. The summed E-state index contributed by atoms with van der Waals surface area (Å²) in [6.07, 6.45) is 1.14. The van der Waals surface area contributed by atoms with Crippen LogP contribution in [0.1, 0.15) is 28.8 Å². The first kappa shape index (κ1) is 18.5. The fraction of sp³-hybridized carbons (Fsp3) is 0.0833. The molecule has 0 aliphatic carbocycles. The van der Waals surface area contributed by atoms with Gasteiger partial charge >= 0.3 is 0 Å². The lowest BCUT2D eigenvalue weighted by Gasteiger charge is -2.39. The molecule has 2 aliphatic heterocycles. The van der Waals surface area contributed by atoms with Gasteiger partial charge in [0.1, 0.15) is 18.1 Å². The zero-order valence-corrected chi connectivity index (χ0v) is 17.7. The molecule has 1 aromatic heterocycles. The summed E-state index contributed by atoms with van der Waals surface area (Å²) in [5.74, 6) is 1.47. The van der Waals surface area contributed by atoms with Crippen LogP contribution in [-0.4, -0.2) is 14.8 Å². The summed E-state index contributed by atoms with van der Waals surface area (Å²) in [4.78, 5) is 4.45. The third-order valence-corrected chi connectivity index (χ3v) is 6.24. The number of aromatic nitrogens is 3. The summed E-state index contributed by atoms with van der Waals surface area (Å²) >= 11 is 12.8. The van der Waals surface area contributed by atoms with Crippen LogP contribution < -0.4 is 10.1 Å². The Labute approximate surface area is 188 Å². The van der Waals surface area contributed by atoms with Crippen LogP contribution in [0.15, 0.2) is 84.7 Å². The van der Waals surface area contributed by atoms with E-state index in [2.05, 4.69) is 27.5 Å². The molecule has 31 heavy (non-hydrogen) atoms. The van der Waals surface area contributed by atoms with Crippen LogP contribution in [0.25, 0.3) is 5.70 Å². The summed E-state index contributed by atoms with van der Waals surface area (Å²) in [6.45, 7) is 0. The Bertz CT molecular complexity index is 1330. The Morgan fingerprint density at radius 1 is 0.935 bits per heavy atom. The second-order valence-electron chi connectivity index (χ2n) is 7.46. The fourth-order valence-electron chi connectivity index (χ4n) is 4.35. The lowest BCUT2D eigenvalue weighted by atomic mass is 9.84. The molecule has 0 saturated heterocycles. The summed E-state index contributed by atoms with van der Waals surface area (Å²) in [5.41, 5.74) is 4.90. The Hall–Kier alpha value is -3.28. The summed E-state index contributed by atoms with van der Waals surface area (Å²) in [6, 6.07) is 23.5. The molecule has 5 nitrogen and oxygen atoms in total. The molecule has 6 rings (SSSR count). The predicted molar refractivity (Wildman–Crippen MR) is 121 cm³/mol. The molecular formula is C24H16Cl2N4O. The molecule has 0 amide bonds. The normalized spacial score (nSPS) is 19.0. The lowest BCUT2D eigenvalue weighted by Crippen LogP contribution is -2.32. The van der Waals surface area contributed by atoms with E-state index in [1.165, 1.54) is 0 Å². The first-order chi connectivity index (χ1) is 15.2. The van der Waals surface area contributed by atoms with Gasteiger partial charge < -0.3 is 10.1 Å². The number of anilines is 1. The molecule has 0 unspecified atom stereocenters. The average Bonchev–Trinajstić information content (AvgIpc) is 3.26. The van der Waals surface area contributed by atoms with Gasteiger partial charge in [-0.25, -0.2) is 4.68 Å². The van der Waals surface area contributed by atoms with Gasteiger partial charge in [-0.2, -0.15) is 10.1 Å². The Balaban J connectivity index is 1.65. The van der Waals surface area contributed by atoms with Gasteiger partial charge in [0.2, 0.25) is 5.95 Å². The molecule has 2 atom stereocenters. The largest absolute Gasteiger partial charge is 0.480 e. The van der Waals surface area contributed by atoms with E-state index in [9.17, 15) is 0 Å². The van der Waals surface area contributed by atoms with Crippen LogP contribution in [0.2, 0.25) is 10.0 Å². The van der Waals surface area contributed by atoms with Crippen molar-refractivity contribution in [2.45, 2.75) is 12.1 Å². The maximum absolute atomic E-state index is 6.65. The molecule has 4 aromatic rings. The van der Waals surface area contributed by atoms with Crippen molar-refractivity contribution >= 4 is 34.8 Å². The number of nitrogens with one attached hydrogen (secondary N) is 1. The van der Waals surface area contributed by atoms with Gasteiger partial charge in [0.25, 0.3) is 0 Å². The third-order valence-electron chi connectivity index (χ3n) is 5.68. The van der Waals surface area contributed by atoms with Crippen LogP contribution >= 0.6 is 23.2 Å². The van der Waals surface area contributed by atoms with Crippen LogP contribution in [0.5, 0.6) is 5.75 Å². The predicted octanol–water partition coefficient (Wildman–Crippen LogP) is 6.14. The van der Waals surface area contributed by atoms with Gasteiger partial charge in [-0.1, -0.05) is 71.7 Å². The van der Waals surface area contributed by atoms with Crippen molar-refractivity contribution in [3.05, 3.63) is 111 Å². The fourth-order valence-corrected chi connectivity index (χ4v) is 4.85. The van der Waals surface area contributed by atoms with Crippen LogP contribution in [0.4, 0.5) is 5.95 Å². The van der Waals surface area contributed by atoms with Crippen molar-refractivity contribution in [2.24, 2.45) is 0 Å². The smallest absolute Gasteiger partial charge is 0.226 e. The quantitative estimate of drug-likeness (QED) is 0.401. The van der Waals surface area contributed by atoms with E-state index in [0.717, 1.165) is 33.7 Å². The van der Waals surface area contributed by atoms with Gasteiger partial charge in [0.15, 0.2) is 6.10 Å². The SMILES string of the molecule is Clc1ccc([C@@H]2Oc3ccccc3C3=C2[C@@H](c2ccccc2)n2ncnc2N3)c(Cl)c1. The molecule has 7 heteroatoms. The highest BCUT2D eigenvalue weighted by molar-refractivity contribution is 6.35. The zero-order valence-electron chi connectivity index (χ0n) is 16.2. The molecular weight excluding hydrogens is 431 g/mol. The van der Waals surface area contributed by atoms with Gasteiger partial charge in [0, 0.05) is 26.7 Å². The average molecular weight is 447 g/mol. The molecule has 0 radical (unpaired) electrons.